The van der Waals surface area contributed by atoms with Gasteiger partial charge in [0.15, 0.2) is 5.82 Å². The molecule has 1 atom stereocenters. The van der Waals surface area contributed by atoms with E-state index in [0.717, 1.165) is 51.1 Å². The van der Waals surface area contributed by atoms with Gasteiger partial charge in [0.25, 0.3) is 0 Å². The first-order valence-electron chi connectivity index (χ1n) is 11.3. The third-order valence-corrected chi connectivity index (χ3v) is 6.54. The lowest BCUT2D eigenvalue weighted by atomic mass is 9.89. The zero-order valence-corrected chi connectivity index (χ0v) is 20.7. The summed E-state index contributed by atoms with van der Waals surface area (Å²) in [5.41, 5.74) is 5.21. The molecule has 0 saturated carbocycles. The number of amidine groups is 1. The van der Waals surface area contributed by atoms with Crippen molar-refractivity contribution < 1.29 is 9.47 Å². The number of methoxy groups -OCH3 is 2. The second kappa shape index (κ2) is 9.84. The van der Waals surface area contributed by atoms with Gasteiger partial charge in [0.05, 0.1) is 20.8 Å². The normalized spacial score (nSPS) is 16.4. The number of H-pyrrole nitrogens is 1. The monoisotopic (exact) mass is 490 g/mol. The van der Waals surface area contributed by atoms with E-state index in [2.05, 4.69) is 32.1 Å². The van der Waals surface area contributed by atoms with Crippen LogP contribution in [0.15, 0.2) is 66.2 Å². The Balaban J connectivity index is 1.58. The Morgan fingerprint density at radius 2 is 2.03 bits per heavy atom. The molecule has 4 heterocycles. The highest BCUT2D eigenvalue weighted by Gasteiger charge is 2.34. The number of pyridine rings is 1. The van der Waals surface area contributed by atoms with Gasteiger partial charge >= 0.3 is 0 Å². The smallest absolute Gasteiger partial charge is 0.156 e. The van der Waals surface area contributed by atoms with Crippen molar-refractivity contribution >= 4 is 23.3 Å². The van der Waals surface area contributed by atoms with Crippen LogP contribution in [0.4, 0.5) is 5.82 Å². The number of benzene rings is 1. The molecule has 0 fully saturated rings. The molecule has 1 unspecified atom stereocenters. The summed E-state index contributed by atoms with van der Waals surface area (Å²) in [6.45, 7) is 1.11. The van der Waals surface area contributed by atoms with E-state index in [1.807, 2.05) is 49.9 Å². The maximum absolute atomic E-state index is 6.10. The largest absolute Gasteiger partial charge is 0.497 e. The van der Waals surface area contributed by atoms with Gasteiger partial charge in [-0.05, 0) is 29.3 Å². The van der Waals surface area contributed by atoms with Crippen molar-refractivity contribution in [2.45, 2.75) is 18.3 Å². The minimum atomic E-state index is 0.0622. The van der Waals surface area contributed by atoms with E-state index in [1.165, 1.54) is 0 Å². The first kappa shape index (κ1) is 23.0. The molecule has 5 rings (SSSR count). The van der Waals surface area contributed by atoms with Gasteiger partial charge in [-0.3, -0.25) is 14.7 Å². The molecule has 1 aliphatic rings. The van der Waals surface area contributed by atoms with Gasteiger partial charge < -0.3 is 19.4 Å². The second-order valence-corrected chi connectivity index (χ2v) is 8.66. The second-order valence-electron chi connectivity index (χ2n) is 8.39. The zero-order valence-electron chi connectivity index (χ0n) is 19.9. The Kier molecular flexibility index (Phi) is 6.46. The number of halogens is 1. The molecule has 3 aromatic heterocycles. The molecule has 180 valence electrons. The molecule has 1 N–H and O–H groups in total. The molecule has 9 heteroatoms. The number of fused-ring (bicyclic) bond motifs is 1. The van der Waals surface area contributed by atoms with Gasteiger partial charge in [-0.2, -0.15) is 5.10 Å². The fraction of sp³-hybridized carbons (Fsp3) is 0.269. The van der Waals surface area contributed by atoms with Gasteiger partial charge in [-0.1, -0.05) is 6.07 Å². The minimum Gasteiger partial charge on any atom is -0.497 e. The molecular formula is C26H27ClN6O2. The number of nitrogens with one attached hydrogen (secondary N) is 1. The molecule has 0 aliphatic carbocycles. The number of aromatic nitrogens is 4. The van der Waals surface area contributed by atoms with Gasteiger partial charge in [-0.15, -0.1) is 11.6 Å². The third-order valence-electron chi connectivity index (χ3n) is 6.23. The number of aryl methyl sites for hydroxylation is 1. The van der Waals surface area contributed by atoms with E-state index in [9.17, 15) is 0 Å². The third kappa shape index (κ3) is 4.49. The maximum atomic E-state index is 6.10. The van der Waals surface area contributed by atoms with E-state index in [-0.39, 0.29) is 5.92 Å². The summed E-state index contributed by atoms with van der Waals surface area (Å²) >= 11 is 6.10. The van der Waals surface area contributed by atoms with Crippen LogP contribution in [0, 0.1) is 0 Å². The van der Waals surface area contributed by atoms with Crippen molar-refractivity contribution in [3.63, 3.8) is 0 Å². The summed E-state index contributed by atoms with van der Waals surface area (Å²) in [6.07, 6.45) is 7.62. The van der Waals surface area contributed by atoms with E-state index < -0.39 is 0 Å². The Labute approximate surface area is 209 Å². The van der Waals surface area contributed by atoms with E-state index in [0.29, 0.717) is 19.0 Å². The predicted octanol–water partition coefficient (Wildman–Crippen LogP) is 4.50. The lowest BCUT2D eigenvalue weighted by Gasteiger charge is -2.34. The standard InChI is InChI=1S/C26H27ClN6O2/c1-32-9-7-24(31-32)33-16-22(19-10-17(12-27)13-28-14-19)25-21(6-8-29-25)26(33)30-15-18-4-5-20(34-2)11-23(18)35-3/h4-11,13-14,22,29H,12,15-16H2,1-3H3. The highest BCUT2D eigenvalue weighted by Crippen LogP contribution is 2.35. The maximum Gasteiger partial charge on any atom is 0.156 e. The summed E-state index contributed by atoms with van der Waals surface area (Å²) in [7, 11) is 5.22. The number of hydrogen-bond acceptors (Lipinski definition) is 5. The molecular weight excluding hydrogens is 464 g/mol. The van der Waals surface area contributed by atoms with E-state index in [1.54, 1.807) is 25.1 Å². The highest BCUT2D eigenvalue weighted by molar-refractivity contribution is 6.17. The molecule has 0 bridgehead atoms. The summed E-state index contributed by atoms with van der Waals surface area (Å²) in [5, 5.41) is 4.69. The highest BCUT2D eigenvalue weighted by atomic mass is 35.5. The summed E-state index contributed by atoms with van der Waals surface area (Å²) < 4.78 is 12.7. The van der Waals surface area contributed by atoms with Gasteiger partial charge in [0.1, 0.15) is 17.3 Å². The Morgan fingerprint density at radius 1 is 1.14 bits per heavy atom. The molecule has 0 amide bonds. The molecule has 4 aromatic rings. The van der Waals surface area contributed by atoms with Crippen molar-refractivity contribution in [2.24, 2.45) is 12.0 Å². The van der Waals surface area contributed by atoms with E-state index >= 15 is 0 Å². The number of aliphatic imine (C=N–C) groups is 1. The number of hydrogen-bond donors (Lipinski definition) is 1. The van der Waals surface area contributed by atoms with E-state index in [4.69, 9.17) is 26.1 Å². The Bertz CT molecular complexity index is 1360. The van der Waals surface area contributed by atoms with Crippen LogP contribution in [-0.4, -0.2) is 46.3 Å². The van der Waals surface area contributed by atoms with Crippen molar-refractivity contribution in [1.29, 1.82) is 0 Å². The van der Waals surface area contributed by atoms with Crippen molar-refractivity contribution in [3.8, 4) is 11.5 Å². The molecule has 1 aliphatic heterocycles. The lowest BCUT2D eigenvalue weighted by molar-refractivity contribution is 0.391. The van der Waals surface area contributed by atoms with Crippen LogP contribution in [0.25, 0.3) is 0 Å². The topological polar surface area (TPSA) is 80.6 Å². The first-order chi connectivity index (χ1) is 17.1. The number of nitrogens with zero attached hydrogens (tertiary/aromatic N) is 5. The Morgan fingerprint density at radius 3 is 2.77 bits per heavy atom. The number of alkyl halides is 1. The Hall–Kier alpha value is -3.78. The fourth-order valence-corrected chi connectivity index (χ4v) is 4.62. The quantitative estimate of drug-likeness (QED) is 0.386. The van der Waals surface area contributed by atoms with Crippen molar-refractivity contribution in [1.82, 2.24) is 19.7 Å². The zero-order chi connectivity index (χ0) is 24.4. The van der Waals surface area contributed by atoms with Crippen LogP contribution < -0.4 is 14.4 Å². The summed E-state index contributed by atoms with van der Waals surface area (Å²) in [6, 6.07) is 12.0. The number of anilines is 1. The summed E-state index contributed by atoms with van der Waals surface area (Å²) in [4.78, 5) is 15.1. The lowest BCUT2D eigenvalue weighted by Crippen LogP contribution is -2.41. The van der Waals surface area contributed by atoms with Gasteiger partial charge in [0.2, 0.25) is 0 Å². The SMILES string of the molecule is COc1ccc(CN=C2c3cc[nH]c3C(c3cncc(CCl)c3)CN2c2ccn(C)n2)c(OC)c1. The van der Waals surface area contributed by atoms with Crippen LogP contribution >= 0.6 is 11.6 Å². The van der Waals surface area contributed by atoms with Crippen molar-refractivity contribution in [3.05, 3.63) is 89.1 Å². The first-order valence-corrected chi connectivity index (χ1v) is 11.8. The molecule has 1 aromatic carbocycles. The predicted molar refractivity (Wildman–Crippen MR) is 137 cm³/mol. The average molecular weight is 491 g/mol. The van der Waals surface area contributed by atoms with Gasteiger partial charge in [0, 0.05) is 79.1 Å². The number of ether oxygens (including phenoxy) is 2. The minimum absolute atomic E-state index is 0.0622. The molecule has 0 radical (unpaired) electrons. The van der Waals surface area contributed by atoms with Crippen LogP contribution in [0.3, 0.4) is 0 Å². The number of aromatic amines is 1. The average Bonchev–Trinajstić information content (AvgIpc) is 3.56. The molecule has 0 spiro atoms. The van der Waals surface area contributed by atoms with Crippen LogP contribution in [0.5, 0.6) is 11.5 Å². The van der Waals surface area contributed by atoms with Crippen LogP contribution in [-0.2, 0) is 19.5 Å². The fourth-order valence-electron chi connectivity index (χ4n) is 4.48. The van der Waals surface area contributed by atoms with Crippen molar-refractivity contribution in [2.75, 3.05) is 25.7 Å². The number of rotatable bonds is 7. The van der Waals surface area contributed by atoms with Gasteiger partial charge in [-0.25, -0.2) is 0 Å². The summed E-state index contributed by atoms with van der Waals surface area (Å²) in [5.74, 6) is 3.67. The van der Waals surface area contributed by atoms with Crippen LogP contribution in [0.1, 0.15) is 33.9 Å². The van der Waals surface area contributed by atoms with Crippen LogP contribution in [0.2, 0.25) is 0 Å². The molecule has 8 nitrogen and oxygen atoms in total. The molecule has 0 saturated heterocycles. The molecule has 35 heavy (non-hydrogen) atoms.